The summed E-state index contributed by atoms with van der Waals surface area (Å²) in [5.74, 6) is -0.633. The molecule has 72 valence electrons. The summed E-state index contributed by atoms with van der Waals surface area (Å²) in [5.41, 5.74) is 0. The summed E-state index contributed by atoms with van der Waals surface area (Å²) in [6.07, 6.45) is 0.269. The van der Waals surface area contributed by atoms with Crippen molar-refractivity contribution in [1.82, 2.24) is 0 Å². The van der Waals surface area contributed by atoms with Crippen LogP contribution in [0.1, 0.15) is 27.2 Å². The van der Waals surface area contributed by atoms with Crippen molar-refractivity contribution < 1.29 is 14.6 Å². The molecular formula is C9H18O3. The molecule has 0 amide bonds. The van der Waals surface area contributed by atoms with E-state index in [9.17, 15) is 9.90 Å². The smallest absolute Gasteiger partial charge is 0.311 e. The Hall–Kier alpha value is -0.570. The van der Waals surface area contributed by atoms with Crippen LogP contribution in [0.2, 0.25) is 0 Å². The van der Waals surface area contributed by atoms with Gasteiger partial charge in [-0.2, -0.15) is 0 Å². The number of carbonyl (C=O) groups is 1. The third-order valence-electron chi connectivity index (χ3n) is 2.31. The van der Waals surface area contributed by atoms with Crippen molar-refractivity contribution in [2.45, 2.75) is 33.3 Å². The zero-order chi connectivity index (χ0) is 9.72. The van der Waals surface area contributed by atoms with E-state index >= 15 is 0 Å². The number of hydrogen-bond acceptors (Lipinski definition) is 3. The lowest BCUT2D eigenvalue weighted by atomic mass is 9.92. The lowest BCUT2D eigenvalue weighted by Gasteiger charge is -2.21. The molecule has 3 nitrogen and oxygen atoms in total. The Morgan fingerprint density at radius 1 is 1.50 bits per heavy atom. The van der Waals surface area contributed by atoms with Crippen molar-refractivity contribution in [2.75, 3.05) is 7.11 Å². The summed E-state index contributed by atoms with van der Waals surface area (Å²) >= 11 is 0. The lowest BCUT2D eigenvalue weighted by Crippen LogP contribution is -2.31. The lowest BCUT2D eigenvalue weighted by molar-refractivity contribution is -0.149. The number of carbonyl (C=O) groups excluding carboxylic acids is 1. The number of aliphatic hydroxyl groups excluding tert-OH is 1. The number of esters is 1. The molecule has 0 aliphatic heterocycles. The zero-order valence-corrected chi connectivity index (χ0v) is 8.20. The van der Waals surface area contributed by atoms with Crippen LogP contribution in [0.25, 0.3) is 0 Å². The summed E-state index contributed by atoms with van der Waals surface area (Å²) in [7, 11) is 1.34. The van der Waals surface area contributed by atoms with Gasteiger partial charge in [0, 0.05) is 0 Å². The molecular weight excluding hydrogens is 156 g/mol. The summed E-state index contributed by atoms with van der Waals surface area (Å²) < 4.78 is 4.53. The first-order chi connectivity index (χ1) is 5.54. The molecule has 0 fully saturated rings. The maximum Gasteiger partial charge on any atom is 0.311 e. The van der Waals surface area contributed by atoms with Gasteiger partial charge < -0.3 is 9.84 Å². The Kier molecular flexibility index (Phi) is 4.90. The molecule has 0 saturated heterocycles. The maximum atomic E-state index is 11.0. The van der Waals surface area contributed by atoms with E-state index in [1.165, 1.54) is 7.11 Å². The molecule has 0 aromatic rings. The zero-order valence-electron chi connectivity index (χ0n) is 8.20. The Balaban J connectivity index is 4.08. The first kappa shape index (κ1) is 11.4. The first-order valence-corrected chi connectivity index (χ1v) is 4.30. The summed E-state index contributed by atoms with van der Waals surface area (Å²) in [5, 5.41) is 9.59. The van der Waals surface area contributed by atoms with Crippen molar-refractivity contribution in [3.05, 3.63) is 0 Å². The van der Waals surface area contributed by atoms with Crippen LogP contribution in [0.4, 0.5) is 0 Å². The highest BCUT2D eigenvalue weighted by Crippen LogP contribution is 2.16. The number of ether oxygens (including phenoxy) is 1. The number of aliphatic hydroxyl groups is 1. The molecule has 0 bridgehead atoms. The summed E-state index contributed by atoms with van der Waals surface area (Å²) in [6.45, 7) is 5.59. The van der Waals surface area contributed by atoms with E-state index < -0.39 is 12.0 Å². The number of rotatable bonds is 4. The van der Waals surface area contributed by atoms with Gasteiger partial charge in [0.15, 0.2) is 0 Å². The summed E-state index contributed by atoms with van der Waals surface area (Å²) in [6, 6.07) is 0. The molecule has 0 saturated carbocycles. The van der Waals surface area contributed by atoms with Gasteiger partial charge in [-0.3, -0.25) is 4.79 Å². The average Bonchev–Trinajstić information content (AvgIpc) is 2.12. The molecule has 0 aliphatic rings. The van der Waals surface area contributed by atoms with Crippen molar-refractivity contribution in [3.63, 3.8) is 0 Å². The predicted molar refractivity (Wildman–Crippen MR) is 46.6 cm³/mol. The number of methoxy groups -OCH3 is 1. The van der Waals surface area contributed by atoms with Gasteiger partial charge in [-0.15, -0.1) is 0 Å². The van der Waals surface area contributed by atoms with Crippen LogP contribution in [0.5, 0.6) is 0 Å². The van der Waals surface area contributed by atoms with E-state index in [1.807, 2.05) is 13.8 Å². The third kappa shape index (κ3) is 2.81. The standard InChI is InChI=1S/C9H18O3/c1-5-6(2)8(10)7(3)9(11)12-4/h6-8,10H,5H2,1-4H3/t6-,7+,8+/m0/s1. The fraction of sp³-hybridized carbons (Fsp3) is 0.889. The van der Waals surface area contributed by atoms with Crippen LogP contribution in [-0.4, -0.2) is 24.3 Å². The van der Waals surface area contributed by atoms with Crippen LogP contribution in [-0.2, 0) is 9.53 Å². The van der Waals surface area contributed by atoms with Crippen molar-refractivity contribution >= 4 is 5.97 Å². The molecule has 0 heterocycles. The molecule has 0 aliphatic carbocycles. The third-order valence-corrected chi connectivity index (χ3v) is 2.31. The second-order valence-corrected chi connectivity index (χ2v) is 3.19. The molecule has 3 heteroatoms. The van der Waals surface area contributed by atoms with Gasteiger partial charge in [0.05, 0.1) is 19.1 Å². The Morgan fingerprint density at radius 2 is 2.00 bits per heavy atom. The first-order valence-electron chi connectivity index (χ1n) is 4.30. The predicted octanol–water partition coefficient (Wildman–Crippen LogP) is 1.20. The van der Waals surface area contributed by atoms with Crippen LogP contribution in [0.3, 0.4) is 0 Å². The minimum Gasteiger partial charge on any atom is -0.469 e. The van der Waals surface area contributed by atoms with E-state index in [0.717, 1.165) is 6.42 Å². The van der Waals surface area contributed by atoms with E-state index in [2.05, 4.69) is 4.74 Å². The van der Waals surface area contributed by atoms with Crippen molar-refractivity contribution in [1.29, 1.82) is 0 Å². The largest absolute Gasteiger partial charge is 0.469 e. The van der Waals surface area contributed by atoms with E-state index in [1.54, 1.807) is 6.92 Å². The van der Waals surface area contributed by atoms with Gasteiger partial charge in [-0.25, -0.2) is 0 Å². The van der Waals surface area contributed by atoms with Crippen LogP contribution < -0.4 is 0 Å². The van der Waals surface area contributed by atoms with Crippen molar-refractivity contribution in [3.8, 4) is 0 Å². The Bertz CT molecular complexity index is 145. The molecule has 0 aromatic heterocycles. The molecule has 0 aromatic carbocycles. The minimum absolute atomic E-state index is 0.138. The van der Waals surface area contributed by atoms with Gasteiger partial charge in [-0.05, 0) is 12.8 Å². The van der Waals surface area contributed by atoms with Gasteiger partial charge in [0.1, 0.15) is 0 Å². The highest BCUT2D eigenvalue weighted by atomic mass is 16.5. The number of hydrogen-bond donors (Lipinski definition) is 1. The van der Waals surface area contributed by atoms with Crippen LogP contribution in [0.15, 0.2) is 0 Å². The Morgan fingerprint density at radius 3 is 2.33 bits per heavy atom. The molecule has 0 rings (SSSR count). The molecule has 0 spiro atoms. The van der Waals surface area contributed by atoms with Gasteiger partial charge in [0.2, 0.25) is 0 Å². The Labute approximate surface area is 73.7 Å². The monoisotopic (exact) mass is 174 g/mol. The van der Waals surface area contributed by atoms with Crippen LogP contribution >= 0.6 is 0 Å². The maximum absolute atomic E-state index is 11.0. The normalized spacial score (nSPS) is 18.1. The van der Waals surface area contributed by atoms with Crippen molar-refractivity contribution in [2.24, 2.45) is 11.8 Å². The molecule has 0 radical (unpaired) electrons. The second kappa shape index (κ2) is 5.14. The fourth-order valence-electron chi connectivity index (χ4n) is 1.06. The fourth-order valence-corrected chi connectivity index (χ4v) is 1.06. The van der Waals surface area contributed by atoms with E-state index in [0.29, 0.717) is 0 Å². The molecule has 3 atom stereocenters. The molecule has 12 heavy (non-hydrogen) atoms. The minimum atomic E-state index is -0.595. The van der Waals surface area contributed by atoms with Gasteiger partial charge in [0.25, 0.3) is 0 Å². The second-order valence-electron chi connectivity index (χ2n) is 3.19. The van der Waals surface area contributed by atoms with E-state index in [4.69, 9.17) is 0 Å². The summed E-state index contributed by atoms with van der Waals surface area (Å²) in [4.78, 5) is 11.0. The quantitative estimate of drug-likeness (QED) is 0.651. The molecule has 0 unspecified atom stereocenters. The molecule has 1 N–H and O–H groups in total. The van der Waals surface area contributed by atoms with Gasteiger partial charge in [-0.1, -0.05) is 20.3 Å². The van der Waals surface area contributed by atoms with Gasteiger partial charge >= 0.3 is 5.97 Å². The SMILES string of the molecule is CC[C@H](C)[C@@H](O)[C@@H](C)C(=O)OC. The van der Waals surface area contributed by atoms with E-state index in [-0.39, 0.29) is 11.9 Å². The van der Waals surface area contributed by atoms with Crippen LogP contribution in [0, 0.1) is 11.8 Å². The highest BCUT2D eigenvalue weighted by molar-refractivity contribution is 5.72. The topological polar surface area (TPSA) is 46.5 Å². The highest BCUT2D eigenvalue weighted by Gasteiger charge is 2.26. The average molecular weight is 174 g/mol.